The van der Waals surface area contributed by atoms with Gasteiger partial charge in [-0.05, 0) is 68.4 Å². The summed E-state index contributed by atoms with van der Waals surface area (Å²) in [5.41, 5.74) is 0.990. The molecule has 0 aliphatic rings. The van der Waals surface area contributed by atoms with Gasteiger partial charge in [-0.15, -0.1) is 0 Å². The summed E-state index contributed by atoms with van der Waals surface area (Å²) < 4.78 is 12.7. The molecule has 3 N–H and O–H groups in total. The summed E-state index contributed by atoms with van der Waals surface area (Å²) in [5, 5.41) is 17.4. The average molecular weight is 716 g/mol. The maximum atomic E-state index is 14.2. The van der Waals surface area contributed by atoms with E-state index in [-0.39, 0.29) is 55.0 Å². The van der Waals surface area contributed by atoms with Crippen molar-refractivity contribution in [1.29, 1.82) is 0 Å². The fraction of sp³-hybridized carbons (Fsp3) is 0.161. The number of esters is 2. The second-order valence-corrected chi connectivity index (χ2v) is 11.8. The van der Waals surface area contributed by atoms with Crippen LogP contribution in [0.1, 0.15) is 54.7 Å². The smallest absolute Gasteiger partial charge is 0.339 e. The van der Waals surface area contributed by atoms with Crippen molar-refractivity contribution in [3.05, 3.63) is 129 Å². The van der Waals surface area contributed by atoms with Crippen LogP contribution in [0.25, 0.3) is 11.4 Å². The van der Waals surface area contributed by atoms with Crippen LogP contribution in [-0.2, 0) is 9.47 Å². The van der Waals surface area contributed by atoms with Crippen LogP contribution in [0.3, 0.4) is 0 Å². The molecule has 11 nitrogen and oxygen atoms in total. The lowest BCUT2D eigenvalue weighted by molar-refractivity contribution is 0.0592. The number of hydrogen-bond donors (Lipinski definition) is 3. The molecule has 2 aromatic heterocycles. The van der Waals surface area contributed by atoms with E-state index in [1.807, 2.05) is 0 Å². The van der Waals surface area contributed by atoms with Crippen molar-refractivity contribution in [3.63, 3.8) is 0 Å². The third kappa shape index (κ3) is 5.72. The van der Waals surface area contributed by atoms with Crippen LogP contribution in [0.5, 0.6) is 5.75 Å². The summed E-state index contributed by atoms with van der Waals surface area (Å²) in [5.74, 6) is -2.59. The van der Waals surface area contributed by atoms with Gasteiger partial charge >= 0.3 is 11.9 Å². The highest BCUT2D eigenvalue weighted by Gasteiger charge is 2.33. The summed E-state index contributed by atoms with van der Waals surface area (Å²) in [6.07, 6.45) is 0. The van der Waals surface area contributed by atoms with Crippen molar-refractivity contribution in [3.8, 4) is 17.1 Å². The monoisotopic (exact) mass is 714 g/mol. The molecule has 5 rings (SSSR count). The van der Waals surface area contributed by atoms with Gasteiger partial charge in [-0.2, -0.15) is 0 Å². The molecule has 0 spiro atoms. The fourth-order valence-electron chi connectivity index (χ4n) is 5.21. The second-order valence-electron chi connectivity index (χ2n) is 10.0. The van der Waals surface area contributed by atoms with Crippen molar-refractivity contribution >= 4 is 51.1 Å². The first-order valence-electron chi connectivity index (χ1n) is 13.3. The Kier molecular flexibility index (Phi) is 8.83. The molecule has 0 radical (unpaired) electrons. The van der Waals surface area contributed by atoms with E-state index in [1.165, 1.54) is 53.9 Å². The van der Waals surface area contributed by atoms with Crippen molar-refractivity contribution in [1.82, 2.24) is 19.6 Å². The number of aryl methyl sites for hydroxylation is 2. The molecule has 14 heteroatoms. The van der Waals surface area contributed by atoms with E-state index >= 15 is 0 Å². The van der Waals surface area contributed by atoms with Gasteiger partial charge in [-0.3, -0.25) is 19.8 Å². The molecule has 2 heterocycles. The number of aromatic amines is 2. The lowest BCUT2D eigenvalue weighted by Gasteiger charge is -2.17. The third-order valence-electron chi connectivity index (χ3n) is 7.34. The molecule has 45 heavy (non-hydrogen) atoms. The predicted octanol–water partition coefficient (Wildman–Crippen LogP) is 5.79. The number of halogens is 3. The van der Waals surface area contributed by atoms with Gasteiger partial charge in [0.15, 0.2) is 0 Å². The second kappa shape index (κ2) is 12.5. The van der Waals surface area contributed by atoms with Gasteiger partial charge in [0.25, 0.3) is 11.1 Å². The van der Waals surface area contributed by atoms with Gasteiger partial charge in [0.2, 0.25) is 0 Å². The number of ether oxygens (including phenoxy) is 2. The van der Waals surface area contributed by atoms with Crippen LogP contribution < -0.4 is 11.1 Å². The maximum Gasteiger partial charge on any atom is 0.339 e. The zero-order valence-corrected chi connectivity index (χ0v) is 27.3. The summed E-state index contributed by atoms with van der Waals surface area (Å²) >= 11 is 15.8. The molecule has 0 saturated heterocycles. The topological polar surface area (TPSA) is 148 Å². The first kappa shape index (κ1) is 31.9. The van der Waals surface area contributed by atoms with Crippen LogP contribution in [0.4, 0.5) is 0 Å². The minimum atomic E-state index is -1.07. The minimum absolute atomic E-state index is 0.0530. The standard InChI is InChI=1S/C31H25BrCl2N4O7/c1-14-25(28(40)37(35-14)17-6-8-22(33)19(12-17)30(42)44-3)27(21-11-16(32)5-10-24(21)39)26-15(2)36-38(29(26)41)18-7-9-23(34)20(13-18)31(43)45-4/h5-13,27,35-36,39H,1-4H3. The highest BCUT2D eigenvalue weighted by molar-refractivity contribution is 9.10. The highest BCUT2D eigenvalue weighted by Crippen LogP contribution is 2.38. The molecule has 0 atom stereocenters. The Labute approximate surface area is 274 Å². The number of carbonyl (C=O) groups excluding carboxylic acids is 2. The lowest BCUT2D eigenvalue weighted by atomic mass is 9.85. The van der Waals surface area contributed by atoms with Crippen molar-refractivity contribution in [2.24, 2.45) is 0 Å². The number of methoxy groups -OCH3 is 2. The molecule has 0 aliphatic carbocycles. The predicted molar refractivity (Wildman–Crippen MR) is 172 cm³/mol. The molecular formula is C31H25BrCl2N4O7. The Balaban J connectivity index is 1.77. The van der Waals surface area contributed by atoms with Gasteiger partial charge in [0.1, 0.15) is 5.75 Å². The fourth-order valence-corrected chi connectivity index (χ4v) is 5.98. The lowest BCUT2D eigenvalue weighted by Crippen LogP contribution is -2.25. The average Bonchev–Trinajstić information content (AvgIpc) is 3.48. The van der Waals surface area contributed by atoms with Crippen molar-refractivity contribution < 1.29 is 24.2 Å². The van der Waals surface area contributed by atoms with E-state index in [0.29, 0.717) is 15.9 Å². The largest absolute Gasteiger partial charge is 0.508 e. The molecule has 0 aliphatic heterocycles. The van der Waals surface area contributed by atoms with E-state index in [1.54, 1.807) is 38.1 Å². The Morgan fingerprint density at radius 1 is 0.778 bits per heavy atom. The number of H-pyrrole nitrogens is 2. The van der Waals surface area contributed by atoms with Crippen LogP contribution in [0, 0.1) is 13.8 Å². The number of carbonyl (C=O) groups is 2. The van der Waals surface area contributed by atoms with Crippen molar-refractivity contribution in [2.45, 2.75) is 19.8 Å². The summed E-state index contributed by atoms with van der Waals surface area (Å²) in [6, 6.07) is 13.6. The molecule has 3 aromatic carbocycles. The number of hydrogen-bond acceptors (Lipinski definition) is 7. The van der Waals surface area contributed by atoms with Crippen LogP contribution in [0.15, 0.2) is 68.7 Å². The Hall–Kier alpha value is -4.52. The van der Waals surface area contributed by atoms with E-state index in [0.717, 1.165) is 0 Å². The van der Waals surface area contributed by atoms with E-state index in [4.69, 9.17) is 32.7 Å². The highest BCUT2D eigenvalue weighted by atomic mass is 79.9. The van der Waals surface area contributed by atoms with E-state index < -0.39 is 29.0 Å². The summed E-state index contributed by atoms with van der Waals surface area (Å²) in [7, 11) is 2.44. The zero-order chi connectivity index (χ0) is 32.7. The molecule has 0 saturated carbocycles. The number of phenolic OH excluding ortho intramolecular Hbond substituents is 1. The first-order valence-corrected chi connectivity index (χ1v) is 14.8. The zero-order valence-electron chi connectivity index (χ0n) is 24.2. The number of nitrogens with one attached hydrogen (secondary N) is 2. The van der Waals surface area contributed by atoms with E-state index in [9.17, 15) is 24.3 Å². The third-order valence-corrected chi connectivity index (χ3v) is 8.49. The van der Waals surface area contributed by atoms with Crippen LogP contribution in [-0.4, -0.2) is 50.8 Å². The Bertz CT molecular complexity index is 1990. The minimum Gasteiger partial charge on any atom is -0.508 e. The SMILES string of the molecule is COC(=O)c1cc(-n2[nH]c(C)c(C(c3cc(Br)ccc3O)c3c(C)[nH]n(-c4ccc(Cl)c(C(=O)OC)c4)c3=O)c2=O)ccc1Cl. The van der Waals surface area contributed by atoms with Crippen LogP contribution in [0.2, 0.25) is 10.0 Å². The van der Waals surface area contributed by atoms with Gasteiger partial charge in [0.05, 0.1) is 63.8 Å². The molecule has 0 fully saturated rings. The Morgan fingerprint density at radius 2 is 1.22 bits per heavy atom. The first-order chi connectivity index (χ1) is 21.4. The quantitative estimate of drug-likeness (QED) is 0.181. The number of rotatable bonds is 7. The van der Waals surface area contributed by atoms with Gasteiger partial charge in [0, 0.05) is 21.4 Å². The number of nitrogens with zero attached hydrogens (tertiary/aromatic N) is 2. The van der Waals surface area contributed by atoms with Gasteiger partial charge in [-0.1, -0.05) is 39.1 Å². The number of benzene rings is 3. The molecule has 0 unspecified atom stereocenters. The van der Waals surface area contributed by atoms with Crippen molar-refractivity contribution in [2.75, 3.05) is 14.2 Å². The van der Waals surface area contributed by atoms with Crippen LogP contribution >= 0.6 is 39.1 Å². The van der Waals surface area contributed by atoms with Gasteiger partial charge < -0.3 is 14.6 Å². The Morgan fingerprint density at radius 3 is 1.64 bits per heavy atom. The molecular weight excluding hydrogens is 691 g/mol. The molecule has 0 bridgehead atoms. The van der Waals surface area contributed by atoms with E-state index in [2.05, 4.69) is 26.1 Å². The number of aromatic hydroxyl groups is 1. The number of aromatic nitrogens is 4. The summed E-state index contributed by atoms with van der Waals surface area (Å²) in [4.78, 5) is 53.0. The van der Waals surface area contributed by atoms with Gasteiger partial charge in [-0.25, -0.2) is 19.0 Å². The summed E-state index contributed by atoms with van der Waals surface area (Å²) in [6.45, 7) is 3.32. The molecule has 5 aromatic rings. The molecule has 232 valence electrons. The molecule has 0 amide bonds. The number of phenols is 1. The maximum absolute atomic E-state index is 14.2. The normalized spacial score (nSPS) is 11.2.